The van der Waals surface area contributed by atoms with E-state index in [9.17, 15) is 4.39 Å². The highest BCUT2D eigenvalue weighted by atomic mass is 19.1. The van der Waals surface area contributed by atoms with E-state index in [1.165, 1.54) is 13.8 Å². The maximum absolute atomic E-state index is 13.6. The average molecular weight is 324 g/mol. The van der Waals surface area contributed by atoms with E-state index in [1.54, 1.807) is 18.6 Å². The Labute approximate surface area is 138 Å². The lowest BCUT2D eigenvalue weighted by molar-refractivity contribution is 0.234. The third-order valence-electron chi connectivity index (χ3n) is 3.88. The number of fused-ring (bicyclic) bond motifs is 2. The van der Waals surface area contributed by atoms with Gasteiger partial charge in [0, 0.05) is 48.5 Å². The van der Waals surface area contributed by atoms with Crippen LogP contribution in [0.5, 0.6) is 0 Å². The molecule has 0 aliphatic heterocycles. The van der Waals surface area contributed by atoms with E-state index in [2.05, 4.69) is 31.3 Å². The van der Waals surface area contributed by atoms with Crippen molar-refractivity contribution in [1.29, 1.82) is 0 Å². The van der Waals surface area contributed by atoms with Crippen molar-refractivity contribution >= 4 is 17.3 Å². The molecule has 0 radical (unpaired) electrons. The van der Waals surface area contributed by atoms with Gasteiger partial charge in [0.25, 0.3) is 0 Å². The number of halogens is 1. The average Bonchev–Trinajstić information content (AvgIpc) is 3.17. The van der Waals surface area contributed by atoms with E-state index in [4.69, 9.17) is 0 Å². The molecular weight excluding hydrogens is 307 g/mol. The van der Waals surface area contributed by atoms with Gasteiger partial charge in [0.15, 0.2) is 0 Å². The van der Waals surface area contributed by atoms with E-state index in [0.717, 1.165) is 28.8 Å². The van der Waals surface area contributed by atoms with Crippen molar-refractivity contribution in [3.63, 3.8) is 0 Å². The lowest BCUT2D eigenvalue weighted by Crippen LogP contribution is -2.25. The first kappa shape index (κ1) is 14.7. The lowest BCUT2D eigenvalue weighted by atomic mass is 10.1. The monoisotopic (exact) mass is 324 g/mol. The highest BCUT2D eigenvalue weighted by Crippen LogP contribution is 2.31. The fourth-order valence-corrected chi connectivity index (χ4v) is 2.71. The molecule has 0 unspecified atom stereocenters. The maximum Gasteiger partial charge on any atom is 0.233 e. The van der Waals surface area contributed by atoms with Gasteiger partial charge in [-0.3, -0.25) is 4.40 Å². The summed E-state index contributed by atoms with van der Waals surface area (Å²) in [5.41, 5.74) is 2.67. The van der Waals surface area contributed by atoms with Crippen LogP contribution in [0.25, 0.3) is 11.4 Å². The molecule has 3 aromatic heterocycles. The summed E-state index contributed by atoms with van der Waals surface area (Å²) in [6, 6.07) is 0. The van der Waals surface area contributed by atoms with Gasteiger partial charge in [-0.1, -0.05) is 6.08 Å². The fourth-order valence-electron chi connectivity index (χ4n) is 2.71. The molecular formula is C17H17FN6. The molecule has 3 aromatic rings. The number of nitrogens with one attached hydrogen (secondary N) is 1. The molecule has 0 atom stereocenters. The molecule has 1 aliphatic rings. The molecule has 122 valence electrons. The molecule has 1 aliphatic carbocycles. The molecule has 6 nitrogen and oxygen atoms in total. The largest absolute Gasteiger partial charge is 0.351 e. The molecule has 0 saturated heterocycles. The van der Waals surface area contributed by atoms with Crippen LogP contribution in [-0.2, 0) is 6.42 Å². The van der Waals surface area contributed by atoms with Crippen LogP contribution in [0.15, 0.2) is 37.1 Å². The van der Waals surface area contributed by atoms with Crippen molar-refractivity contribution in [3.05, 3.63) is 53.9 Å². The first-order valence-corrected chi connectivity index (χ1v) is 7.78. The third-order valence-corrected chi connectivity index (χ3v) is 3.88. The Bertz CT molecular complexity index is 938. The zero-order chi connectivity index (χ0) is 16.7. The van der Waals surface area contributed by atoms with Crippen LogP contribution in [0.3, 0.4) is 0 Å². The summed E-state index contributed by atoms with van der Waals surface area (Å²) in [4.78, 5) is 17.3. The molecule has 0 amide bonds. The van der Waals surface area contributed by atoms with E-state index >= 15 is 0 Å². The number of alkyl halides is 1. The minimum atomic E-state index is -1.31. The van der Waals surface area contributed by atoms with Gasteiger partial charge < -0.3 is 5.32 Å². The van der Waals surface area contributed by atoms with Gasteiger partial charge in [0.1, 0.15) is 5.67 Å². The highest BCUT2D eigenvalue weighted by Gasteiger charge is 2.20. The van der Waals surface area contributed by atoms with E-state index in [0.29, 0.717) is 11.7 Å². The van der Waals surface area contributed by atoms with E-state index < -0.39 is 5.67 Å². The van der Waals surface area contributed by atoms with Crippen LogP contribution in [0.1, 0.15) is 30.7 Å². The number of allylic oxidation sites excluding steroid dienone is 1. The predicted molar refractivity (Wildman–Crippen MR) is 89.5 cm³/mol. The lowest BCUT2D eigenvalue weighted by Gasteiger charge is -2.15. The second-order valence-electron chi connectivity index (χ2n) is 6.43. The second-order valence-corrected chi connectivity index (χ2v) is 6.43. The topological polar surface area (TPSA) is 68.0 Å². The highest BCUT2D eigenvalue weighted by molar-refractivity contribution is 5.83. The maximum atomic E-state index is 13.6. The number of hydrogen-bond donors (Lipinski definition) is 1. The second kappa shape index (κ2) is 5.36. The number of imidazole rings is 1. The van der Waals surface area contributed by atoms with Gasteiger partial charge in [-0.25, -0.2) is 24.3 Å². The molecule has 0 bridgehead atoms. The number of nitrogens with zero attached hydrogens (tertiary/aromatic N) is 5. The Balaban J connectivity index is 1.61. The Hall–Kier alpha value is -2.83. The number of aromatic nitrogens is 5. The fraction of sp³-hybridized carbons (Fsp3) is 0.294. The molecule has 3 heterocycles. The van der Waals surface area contributed by atoms with Crippen LogP contribution >= 0.6 is 0 Å². The van der Waals surface area contributed by atoms with E-state index in [-0.39, 0.29) is 6.54 Å². The van der Waals surface area contributed by atoms with Gasteiger partial charge in [0.05, 0.1) is 12.2 Å². The Morgan fingerprint density at radius 2 is 2.12 bits per heavy atom. The predicted octanol–water partition coefficient (Wildman–Crippen LogP) is 2.67. The van der Waals surface area contributed by atoms with Crippen LogP contribution in [0.4, 0.5) is 10.3 Å². The van der Waals surface area contributed by atoms with Crippen molar-refractivity contribution in [1.82, 2.24) is 24.3 Å². The SMILES string of the molecule is CC(C)(F)CNc1ncc2c(n1)CC=C2c1cnc2nccn2c1. The number of hydrogen-bond acceptors (Lipinski definition) is 5. The summed E-state index contributed by atoms with van der Waals surface area (Å²) < 4.78 is 15.5. The van der Waals surface area contributed by atoms with Gasteiger partial charge >= 0.3 is 0 Å². The van der Waals surface area contributed by atoms with Crippen molar-refractivity contribution < 1.29 is 4.39 Å². The van der Waals surface area contributed by atoms with Crippen LogP contribution in [0, 0.1) is 0 Å². The van der Waals surface area contributed by atoms with Crippen LogP contribution < -0.4 is 5.32 Å². The molecule has 24 heavy (non-hydrogen) atoms. The molecule has 7 heteroatoms. The van der Waals surface area contributed by atoms with Crippen LogP contribution in [0.2, 0.25) is 0 Å². The Kier molecular flexibility index (Phi) is 3.30. The van der Waals surface area contributed by atoms with Crippen molar-refractivity contribution in [2.45, 2.75) is 25.9 Å². The zero-order valence-corrected chi connectivity index (χ0v) is 13.5. The molecule has 4 rings (SSSR count). The van der Waals surface area contributed by atoms with Gasteiger partial charge in [-0.15, -0.1) is 0 Å². The summed E-state index contributed by atoms with van der Waals surface area (Å²) in [7, 11) is 0. The van der Waals surface area contributed by atoms with Crippen LogP contribution in [-0.4, -0.2) is 36.6 Å². The molecule has 0 aromatic carbocycles. The molecule has 1 N–H and O–H groups in total. The van der Waals surface area contributed by atoms with Gasteiger partial charge in [-0.2, -0.15) is 0 Å². The van der Waals surface area contributed by atoms with Gasteiger partial charge in [-0.05, 0) is 19.4 Å². The summed E-state index contributed by atoms with van der Waals surface area (Å²) in [5, 5.41) is 2.94. The zero-order valence-electron chi connectivity index (χ0n) is 13.5. The van der Waals surface area contributed by atoms with E-state index in [1.807, 2.05) is 16.8 Å². The molecule has 0 fully saturated rings. The summed E-state index contributed by atoms with van der Waals surface area (Å²) in [6.07, 6.45) is 12.0. The third kappa shape index (κ3) is 2.73. The summed E-state index contributed by atoms with van der Waals surface area (Å²) in [5.74, 6) is 1.12. The normalized spacial score (nSPS) is 13.9. The minimum Gasteiger partial charge on any atom is -0.351 e. The Morgan fingerprint density at radius 1 is 1.25 bits per heavy atom. The Morgan fingerprint density at radius 3 is 2.96 bits per heavy atom. The first-order valence-electron chi connectivity index (χ1n) is 7.78. The number of anilines is 1. The quantitative estimate of drug-likeness (QED) is 0.799. The smallest absolute Gasteiger partial charge is 0.233 e. The summed E-state index contributed by atoms with van der Waals surface area (Å²) >= 11 is 0. The summed E-state index contributed by atoms with van der Waals surface area (Å²) in [6.45, 7) is 3.21. The van der Waals surface area contributed by atoms with Crippen molar-refractivity contribution in [2.75, 3.05) is 11.9 Å². The van der Waals surface area contributed by atoms with Gasteiger partial charge in [0.2, 0.25) is 11.7 Å². The first-order chi connectivity index (χ1) is 11.5. The van der Waals surface area contributed by atoms with Crippen molar-refractivity contribution in [3.8, 4) is 0 Å². The molecule has 0 spiro atoms. The standard InChI is InChI=1S/C17H17FN6/c1-17(2,18)10-22-15-20-8-13-12(3-4-14(13)23-15)11-7-21-16-19-5-6-24(16)9-11/h3,5-9H,4,10H2,1-2H3,(H,20,22,23). The molecule has 0 saturated carbocycles. The minimum absolute atomic E-state index is 0.174. The number of rotatable bonds is 4. The van der Waals surface area contributed by atoms with Crippen molar-refractivity contribution in [2.24, 2.45) is 0 Å².